The molecule has 1 aliphatic rings. The van der Waals surface area contributed by atoms with E-state index in [0.717, 1.165) is 5.56 Å². The second kappa shape index (κ2) is 11.1. The van der Waals surface area contributed by atoms with Crippen LogP contribution >= 0.6 is 23.4 Å². The van der Waals surface area contributed by atoms with Gasteiger partial charge >= 0.3 is 5.97 Å². The van der Waals surface area contributed by atoms with Gasteiger partial charge in [0, 0.05) is 16.4 Å². The zero-order valence-corrected chi connectivity index (χ0v) is 20.1. The molecule has 0 saturated carbocycles. The third-order valence-corrected chi connectivity index (χ3v) is 6.37. The molecule has 0 radical (unpaired) electrons. The fourth-order valence-corrected chi connectivity index (χ4v) is 4.72. The Bertz CT molecular complexity index is 1180. The molecule has 1 aliphatic heterocycles. The average Bonchev–Trinajstić information content (AvgIpc) is 2.77. The number of halogens is 1. The van der Waals surface area contributed by atoms with Gasteiger partial charge in [-0.1, -0.05) is 53.7 Å². The number of hydrogen-bond donors (Lipinski definition) is 2. The molecule has 0 spiro atoms. The molecule has 2 aromatic carbocycles. The smallest absolute Gasteiger partial charge is 0.336 e. The number of hydrogen-bond acceptors (Lipinski definition) is 6. The van der Waals surface area contributed by atoms with Gasteiger partial charge in [-0.2, -0.15) is 5.26 Å². The van der Waals surface area contributed by atoms with Crippen molar-refractivity contribution in [1.29, 1.82) is 5.26 Å². The molecule has 170 valence electrons. The van der Waals surface area contributed by atoms with Gasteiger partial charge in [0.15, 0.2) is 0 Å². The highest BCUT2D eigenvalue weighted by molar-refractivity contribution is 8.03. The first-order valence-electron chi connectivity index (χ1n) is 10.4. The Morgan fingerprint density at radius 3 is 2.64 bits per heavy atom. The van der Waals surface area contributed by atoms with Gasteiger partial charge in [0.05, 0.1) is 40.5 Å². The van der Waals surface area contributed by atoms with Gasteiger partial charge in [0.2, 0.25) is 5.91 Å². The van der Waals surface area contributed by atoms with Gasteiger partial charge in [0.1, 0.15) is 0 Å². The molecule has 1 heterocycles. The van der Waals surface area contributed by atoms with E-state index in [4.69, 9.17) is 16.3 Å². The Hall–Kier alpha value is -3.21. The predicted molar refractivity (Wildman–Crippen MR) is 132 cm³/mol. The summed E-state index contributed by atoms with van der Waals surface area (Å²) in [5, 5.41) is 17.0. The molecule has 8 heteroatoms. The number of rotatable bonds is 7. The molecule has 3 rings (SSSR count). The van der Waals surface area contributed by atoms with Crippen molar-refractivity contribution < 1.29 is 14.3 Å². The van der Waals surface area contributed by atoms with Crippen molar-refractivity contribution in [2.45, 2.75) is 26.7 Å². The molecule has 1 amide bonds. The topological polar surface area (TPSA) is 91.2 Å². The van der Waals surface area contributed by atoms with E-state index in [1.807, 2.05) is 31.2 Å². The van der Waals surface area contributed by atoms with Crippen LogP contribution in [-0.4, -0.2) is 24.2 Å². The number of allylic oxidation sites excluding steroid dienone is 2. The van der Waals surface area contributed by atoms with Crippen molar-refractivity contribution in [3.8, 4) is 6.07 Å². The quantitative estimate of drug-likeness (QED) is 0.523. The van der Waals surface area contributed by atoms with Crippen LogP contribution in [0.5, 0.6) is 0 Å². The lowest BCUT2D eigenvalue weighted by atomic mass is 9.82. The Labute approximate surface area is 202 Å². The Morgan fingerprint density at radius 2 is 1.97 bits per heavy atom. The standard InChI is InChI=1S/C25H24ClN3O3S/c1-4-32-25(31)22-16(3)28-24(19(13-27)23(22)18-10-5-6-11-20(18)26)33-14-21(30)29-17-9-7-8-15(2)12-17/h5-12,23,28H,4,14H2,1-3H3,(H,29,30). The van der Waals surface area contributed by atoms with Crippen LogP contribution in [-0.2, 0) is 14.3 Å². The minimum absolute atomic E-state index is 0.0821. The van der Waals surface area contributed by atoms with Crippen LogP contribution in [0, 0.1) is 18.3 Å². The first-order chi connectivity index (χ1) is 15.8. The summed E-state index contributed by atoms with van der Waals surface area (Å²) in [6.07, 6.45) is 0. The molecular formula is C25H24ClN3O3S. The molecule has 33 heavy (non-hydrogen) atoms. The van der Waals surface area contributed by atoms with Crippen LogP contribution in [0.2, 0.25) is 5.02 Å². The van der Waals surface area contributed by atoms with Gasteiger partial charge < -0.3 is 15.4 Å². The van der Waals surface area contributed by atoms with Gasteiger partial charge in [0.25, 0.3) is 0 Å². The molecule has 2 aromatic rings. The lowest BCUT2D eigenvalue weighted by Crippen LogP contribution is -2.29. The lowest BCUT2D eigenvalue weighted by molar-refractivity contribution is -0.138. The average molecular weight is 482 g/mol. The first kappa shape index (κ1) is 24.4. The lowest BCUT2D eigenvalue weighted by Gasteiger charge is -2.29. The maximum Gasteiger partial charge on any atom is 0.336 e. The van der Waals surface area contributed by atoms with E-state index in [2.05, 4.69) is 16.7 Å². The van der Waals surface area contributed by atoms with E-state index in [1.165, 1.54) is 11.8 Å². The fraction of sp³-hybridized carbons (Fsp3) is 0.240. The van der Waals surface area contributed by atoms with Gasteiger partial charge in [-0.05, 0) is 50.1 Å². The summed E-state index contributed by atoms with van der Waals surface area (Å²) in [4.78, 5) is 25.3. The number of anilines is 1. The number of nitriles is 1. The number of amides is 1. The van der Waals surface area contributed by atoms with Crippen LogP contribution < -0.4 is 10.6 Å². The number of esters is 1. The molecule has 6 nitrogen and oxygen atoms in total. The number of thioether (sulfide) groups is 1. The number of nitrogens with zero attached hydrogens (tertiary/aromatic N) is 1. The molecule has 0 aliphatic carbocycles. The van der Waals surface area contributed by atoms with Crippen molar-refractivity contribution in [3.05, 3.63) is 86.6 Å². The minimum atomic E-state index is -0.702. The Balaban J connectivity index is 1.91. The minimum Gasteiger partial charge on any atom is -0.463 e. The second-order valence-corrected chi connectivity index (χ2v) is 8.79. The second-order valence-electron chi connectivity index (χ2n) is 7.40. The van der Waals surface area contributed by atoms with Crippen molar-refractivity contribution >= 4 is 40.9 Å². The van der Waals surface area contributed by atoms with E-state index < -0.39 is 11.9 Å². The van der Waals surface area contributed by atoms with Crippen molar-refractivity contribution in [3.63, 3.8) is 0 Å². The maximum absolute atomic E-state index is 12.8. The first-order valence-corrected chi connectivity index (χ1v) is 11.7. The highest BCUT2D eigenvalue weighted by atomic mass is 35.5. The van der Waals surface area contributed by atoms with E-state index in [9.17, 15) is 14.9 Å². The third-order valence-electron chi connectivity index (χ3n) is 5.01. The van der Waals surface area contributed by atoms with Crippen molar-refractivity contribution in [2.75, 3.05) is 17.7 Å². The van der Waals surface area contributed by atoms with Crippen molar-refractivity contribution in [2.24, 2.45) is 0 Å². The number of dihydropyridines is 1. The zero-order valence-electron chi connectivity index (χ0n) is 18.6. The number of ether oxygens (including phenoxy) is 1. The van der Waals surface area contributed by atoms with Gasteiger partial charge in [-0.25, -0.2) is 4.79 Å². The van der Waals surface area contributed by atoms with Crippen LogP contribution in [0.25, 0.3) is 0 Å². The summed E-state index contributed by atoms with van der Waals surface area (Å²) in [5.41, 5.74) is 3.57. The summed E-state index contributed by atoms with van der Waals surface area (Å²) >= 11 is 7.66. The summed E-state index contributed by atoms with van der Waals surface area (Å²) in [5.74, 6) is -1.34. The molecule has 0 fully saturated rings. The fourth-order valence-electron chi connectivity index (χ4n) is 3.58. The molecule has 0 bridgehead atoms. The van der Waals surface area contributed by atoms with Crippen molar-refractivity contribution in [1.82, 2.24) is 5.32 Å². The molecular weight excluding hydrogens is 458 g/mol. The summed E-state index contributed by atoms with van der Waals surface area (Å²) < 4.78 is 5.26. The summed E-state index contributed by atoms with van der Waals surface area (Å²) in [7, 11) is 0. The summed E-state index contributed by atoms with van der Waals surface area (Å²) in [6.45, 7) is 5.63. The third kappa shape index (κ3) is 5.78. The predicted octanol–water partition coefficient (Wildman–Crippen LogP) is 5.28. The van der Waals surface area contributed by atoms with Crippen LogP contribution in [0.3, 0.4) is 0 Å². The van der Waals surface area contributed by atoms with Crippen LogP contribution in [0.1, 0.15) is 30.9 Å². The number of carbonyl (C=O) groups is 2. The summed E-state index contributed by atoms with van der Waals surface area (Å²) in [6, 6.07) is 16.8. The number of benzene rings is 2. The zero-order chi connectivity index (χ0) is 24.0. The highest BCUT2D eigenvalue weighted by Gasteiger charge is 2.36. The van der Waals surface area contributed by atoms with Crippen LogP contribution in [0.4, 0.5) is 5.69 Å². The van der Waals surface area contributed by atoms with Gasteiger partial charge in [-0.3, -0.25) is 4.79 Å². The molecule has 0 saturated heterocycles. The normalized spacial score (nSPS) is 15.5. The van der Waals surface area contributed by atoms with E-state index >= 15 is 0 Å². The van der Waals surface area contributed by atoms with Crippen LogP contribution in [0.15, 0.2) is 70.4 Å². The van der Waals surface area contributed by atoms with Gasteiger partial charge in [-0.15, -0.1) is 0 Å². The maximum atomic E-state index is 12.8. The number of carbonyl (C=O) groups excluding carboxylic acids is 2. The molecule has 1 unspecified atom stereocenters. The molecule has 1 atom stereocenters. The largest absolute Gasteiger partial charge is 0.463 e. The Kier molecular flexibility index (Phi) is 8.21. The highest BCUT2D eigenvalue weighted by Crippen LogP contribution is 2.43. The monoisotopic (exact) mass is 481 g/mol. The molecule has 2 N–H and O–H groups in total. The number of aryl methyl sites for hydroxylation is 1. The van der Waals surface area contributed by atoms with E-state index in [0.29, 0.717) is 38.1 Å². The SMILES string of the molecule is CCOC(=O)C1=C(C)NC(SCC(=O)Nc2cccc(C)c2)=C(C#N)C1c1ccccc1Cl. The van der Waals surface area contributed by atoms with E-state index in [-0.39, 0.29) is 18.3 Å². The number of nitrogens with one attached hydrogen (secondary N) is 2. The van der Waals surface area contributed by atoms with E-state index in [1.54, 1.807) is 38.1 Å². The Morgan fingerprint density at radius 1 is 1.21 bits per heavy atom. The molecule has 0 aromatic heterocycles.